The van der Waals surface area contributed by atoms with Crippen LogP contribution >= 0.6 is 11.8 Å². The molecule has 6 nitrogen and oxygen atoms in total. The van der Waals surface area contributed by atoms with E-state index in [1.54, 1.807) is 11.8 Å². The minimum Gasteiger partial charge on any atom is -0.479 e. The highest BCUT2D eigenvalue weighted by atomic mass is 32.2. The minimum atomic E-state index is -1.56. The summed E-state index contributed by atoms with van der Waals surface area (Å²) in [4.78, 5) is 21.9. The number of carbonyl (C=O) groups excluding carboxylic acids is 1. The van der Waals surface area contributed by atoms with Crippen LogP contribution in [0.15, 0.2) is 0 Å². The van der Waals surface area contributed by atoms with E-state index < -0.39 is 18.1 Å². The number of aliphatic hydroxyl groups is 1. The van der Waals surface area contributed by atoms with Crippen molar-refractivity contribution in [1.29, 1.82) is 0 Å². The van der Waals surface area contributed by atoms with Crippen molar-refractivity contribution in [2.45, 2.75) is 43.0 Å². The molecule has 0 aliphatic heterocycles. The van der Waals surface area contributed by atoms with Gasteiger partial charge in [0.1, 0.15) is 0 Å². The first-order chi connectivity index (χ1) is 8.99. The molecule has 0 saturated heterocycles. The standard InChI is InChI=1S/C12H22N2O4S/c1-19-12(5-3-2-4-6-12)8-14-11(18)13-7-9(15)10(16)17/h9,15H,2-8H2,1H3,(H,16,17)(H2,13,14,18)/t9-/m0/s1. The van der Waals surface area contributed by atoms with Gasteiger partial charge in [-0.05, 0) is 19.1 Å². The van der Waals surface area contributed by atoms with Crippen LogP contribution in [0, 0.1) is 0 Å². The normalized spacial score (nSPS) is 19.5. The quantitative estimate of drug-likeness (QED) is 0.580. The number of hydrogen-bond acceptors (Lipinski definition) is 4. The molecule has 4 N–H and O–H groups in total. The Kier molecular flexibility index (Phi) is 6.44. The number of carboxylic acids is 1. The predicted octanol–water partition coefficient (Wildman–Crippen LogP) is 0.797. The molecule has 19 heavy (non-hydrogen) atoms. The van der Waals surface area contributed by atoms with Crippen molar-refractivity contribution in [2.75, 3.05) is 19.3 Å². The van der Waals surface area contributed by atoms with Gasteiger partial charge in [-0.2, -0.15) is 11.8 Å². The summed E-state index contributed by atoms with van der Waals surface area (Å²) in [6.07, 6.45) is 6.29. The first kappa shape index (κ1) is 16.1. The third kappa shape index (κ3) is 5.28. The van der Waals surface area contributed by atoms with E-state index in [1.165, 1.54) is 19.3 Å². The maximum atomic E-state index is 11.5. The lowest BCUT2D eigenvalue weighted by Crippen LogP contribution is -2.47. The lowest BCUT2D eigenvalue weighted by molar-refractivity contribution is -0.146. The largest absolute Gasteiger partial charge is 0.479 e. The molecule has 0 aromatic carbocycles. The molecule has 7 heteroatoms. The summed E-state index contributed by atoms with van der Waals surface area (Å²) in [6.45, 7) is 0.288. The summed E-state index contributed by atoms with van der Waals surface area (Å²) in [5.74, 6) is -1.34. The maximum Gasteiger partial charge on any atom is 0.334 e. The summed E-state index contributed by atoms with van der Waals surface area (Å²) in [5, 5.41) is 22.6. The van der Waals surface area contributed by atoms with Crippen LogP contribution in [-0.4, -0.2) is 52.4 Å². The molecule has 0 heterocycles. The molecule has 0 spiro atoms. The van der Waals surface area contributed by atoms with Gasteiger partial charge in [-0.1, -0.05) is 19.3 Å². The van der Waals surface area contributed by atoms with Crippen molar-refractivity contribution in [3.8, 4) is 0 Å². The topological polar surface area (TPSA) is 98.7 Å². The van der Waals surface area contributed by atoms with Crippen LogP contribution in [0.25, 0.3) is 0 Å². The highest BCUT2D eigenvalue weighted by Gasteiger charge is 2.31. The van der Waals surface area contributed by atoms with Gasteiger partial charge < -0.3 is 20.8 Å². The lowest BCUT2D eigenvalue weighted by Gasteiger charge is -2.35. The van der Waals surface area contributed by atoms with Crippen molar-refractivity contribution in [3.05, 3.63) is 0 Å². The number of aliphatic carboxylic acids is 1. The molecule has 1 fully saturated rings. The number of hydrogen-bond donors (Lipinski definition) is 4. The smallest absolute Gasteiger partial charge is 0.334 e. The average molecular weight is 290 g/mol. The molecule has 0 aromatic heterocycles. The van der Waals surface area contributed by atoms with Crippen molar-refractivity contribution >= 4 is 23.8 Å². The zero-order valence-electron chi connectivity index (χ0n) is 11.1. The van der Waals surface area contributed by atoms with Gasteiger partial charge in [0.05, 0.1) is 6.54 Å². The monoisotopic (exact) mass is 290 g/mol. The number of carboxylic acid groups (broad SMARTS) is 1. The summed E-state index contributed by atoms with van der Waals surface area (Å²) in [5.41, 5.74) is 0. The van der Waals surface area contributed by atoms with E-state index in [9.17, 15) is 9.59 Å². The molecule has 1 atom stereocenters. The van der Waals surface area contributed by atoms with E-state index in [0.717, 1.165) is 12.8 Å². The SMILES string of the molecule is CSC1(CNC(=O)NC[C@H](O)C(=O)O)CCCCC1. The zero-order valence-corrected chi connectivity index (χ0v) is 12.0. The van der Waals surface area contributed by atoms with Gasteiger partial charge in [-0.3, -0.25) is 0 Å². The highest BCUT2D eigenvalue weighted by molar-refractivity contribution is 8.00. The third-order valence-electron chi connectivity index (χ3n) is 3.51. The molecule has 0 unspecified atom stereocenters. The van der Waals surface area contributed by atoms with E-state index in [-0.39, 0.29) is 11.3 Å². The average Bonchev–Trinajstić information content (AvgIpc) is 2.43. The Labute approximate surface area is 117 Å². The van der Waals surface area contributed by atoms with Crippen molar-refractivity contribution in [2.24, 2.45) is 0 Å². The second kappa shape index (κ2) is 7.59. The Hall–Kier alpha value is -0.950. The van der Waals surface area contributed by atoms with Crippen LogP contribution < -0.4 is 10.6 Å². The molecule has 2 amide bonds. The second-order valence-corrected chi connectivity index (χ2v) is 6.14. The molecule has 1 rings (SSSR count). The van der Waals surface area contributed by atoms with Crippen LogP contribution in [0.2, 0.25) is 0 Å². The van der Waals surface area contributed by atoms with Gasteiger partial charge in [0.25, 0.3) is 0 Å². The van der Waals surface area contributed by atoms with Crippen molar-refractivity contribution in [3.63, 3.8) is 0 Å². The first-order valence-corrected chi connectivity index (χ1v) is 7.69. The van der Waals surface area contributed by atoms with Crippen molar-refractivity contribution in [1.82, 2.24) is 10.6 Å². The second-order valence-electron chi connectivity index (χ2n) is 4.87. The number of aliphatic hydroxyl groups excluding tert-OH is 1. The minimum absolute atomic E-state index is 0.0982. The Morgan fingerprint density at radius 3 is 2.42 bits per heavy atom. The lowest BCUT2D eigenvalue weighted by atomic mass is 9.88. The van der Waals surface area contributed by atoms with Crippen molar-refractivity contribution < 1.29 is 19.8 Å². The van der Waals surface area contributed by atoms with Gasteiger partial charge >= 0.3 is 12.0 Å². The molecule has 1 saturated carbocycles. The number of thioether (sulfide) groups is 1. The summed E-state index contributed by atoms with van der Waals surface area (Å²) in [6, 6.07) is -0.431. The molecule has 1 aliphatic carbocycles. The fraction of sp³-hybridized carbons (Fsp3) is 0.833. The predicted molar refractivity (Wildman–Crippen MR) is 74.4 cm³/mol. The number of carbonyl (C=O) groups is 2. The third-order valence-corrected chi connectivity index (χ3v) is 4.93. The highest BCUT2D eigenvalue weighted by Crippen LogP contribution is 2.37. The first-order valence-electron chi connectivity index (χ1n) is 6.47. The van der Waals surface area contributed by atoms with E-state index >= 15 is 0 Å². The fourth-order valence-electron chi connectivity index (χ4n) is 2.23. The van der Waals surface area contributed by atoms with Crippen LogP contribution in [0.3, 0.4) is 0 Å². The number of urea groups is 1. The number of nitrogens with one attached hydrogen (secondary N) is 2. The summed E-state index contributed by atoms with van der Waals surface area (Å²) in [7, 11) is 0. The Bertz CT molecular complexity index is 319. The molecular formula is C12H22N2O4S. The van der Waals surface area contributed by atoms with Crippen LogP contribution in [0.1, 0.15) is 32.1 Å². The molecular weight excluding hydrogens is 268 g/mol. The number of amides is 2. The Balaban J connectivity index is 2.30. The number of rotatable bonds is 6. The zero-order chi connectivity index (χ0) is 14.3. The molecule has 0 aromatic rings. The molecule has 110 valence electrons. The molecule has 1 aliphatic rings. The van der Waals surface area contributed by atoms with Gasteiger partial charge in [-0.25, -0.2) is 9.59 Å². The Morgan fingerprint density at radius 1 is 1.26 bits per heavy atom. The maximum absolute atomic E-state index is 11.5. The molecule has 0 bridgehead atoms. The van der Waals surface area contributed by atoms with E-state index in [0.29, 0.717) is 6.54 Å². The van der Waals surface area contributed by atoms with Gasteiger partial charge in [-0.15, -0.1) is 0 Å². The Morgan fingerprint density at radius 2 is 1.89 bits per heavy atom. The van der Waals surface area contributed by atoms with Gasteiger partial charge in [0, 0.05) is 11.3 Å². The van der Waals surface area contributed by atoms with E-state index in [1.807, 2.05) is 0 Å². The summed E-state index contributed by atoms with van der Waals surface area (Å²) < 4.78 is 0.0982. The van der Waals surface area contributed by atoms with E-state index in [2.05, 4.69) is 16.9 Å². The fourth-order valence-corrected chi connectivity index (χ4v) is 3.14. The molecule has 0 radical (unpaired) electrons. The van der Waals surface area contributed by atoms with Gasteiger partial charge in [0.2, 0.25) is 0 Å². The van der Waals surface area contributed by atoms with Crippen LogP contribution in [0.5, 0.6) is 0 Å². The van der Waals surface area contributed by atoms with E-state index in [4.69, 9.17) is 10.2 Å². The summed E-state index contributed by atoms with van der Waals surface area (Å²) >= 11 is 1.78. The van der Waals surface area contributed by atoms with Crippen LogP contribution in [0.4, 0.5) is 4.79 Å². The van der Waals surface area contributed by atoms with Gasteiger partial charge in [0.15, 0.2) is 6.10 Å². The van der Waals surface area contributed by atoms with Crippen LogP contribution in [-0.2, 0) is 4.79 Å².